The van der Waals surface area contributed by atoms with Gasteiger partial charge in [0.1, 0.15) is 0 Å². The molecule has 1 aliphatic rings. The van der Waals surface area contributed by atoms with Crippen LogP contribution in [0, 0.1) is 5.92 Å². The molecule has 20 heavy (non-hydrogen) atoms. The van der Waals surface area contributed by atoms with Gasteiger partial charge >= 0.3 is 0 Å². The normalized spacial score (nSPS) is 21.2. The second-order valence-electron chi connectivity index (χ2n) is 4.98. The Labute approximate surface area is 133 Å². The van der Waals surface area contributed by atoms with E-state index in [-0.39, 0.29) is 0 Å². The van der Waals surface area contributed by atoms with Gasteiger partial charge in [0.05, 0.1) is 0 Å². The van der Waals surface area contributed by atoms with E-state index in [1.165, 1.54) is 0 Å². The first kappa shape index (κ1) is 16.4. The number of hydrogen-bond acceptors (Lipinski definition) is 4. The Morgan fingerprint density at radius 1 is 1.55 bits per heavy atom. The first-order valence-electron chi connectivity index (χ1n) is 6.63. The van der Waals surface area contributed by atoms with Gasteiger partial charge in [0.25, 0.3) is 10.2 Å². The molecule has 2 N–H and O–H groups in total. The second kappa shape index (κ2) is 7.33. The molecule has 1 saturated heterocycles. The molecule has 0 saturated carbocycles. The fourth-order valence-corrected chi connectivity index (χ4v) is 5.18. The number of nitrogens with one attached hydrogen (secondary N) is 2. The SMILES string of the molecule is CNCC1CCCN(S(=O)(=O)NCc2cc(Br)cs2)C1. The largest absolute Gasteiger partial charge is 0.319 e. The summed E-state index contributed by atoms with van der Waals surface area (Å²) >= 11 is 4.91. The zero-order valence-corrected chi connectivity index (χ0v) is 14.7. The Bertz CT molecular complexity index is 531. The van der Waals surface area contributed by atoms with E-state index in [9.17, 15) is 8.42 Å². The van der Waals surface area contributed by atoms with Crippen molar-refractivity contribution in [3.8, 4) is 0 Å². The molecule has 0 aromatic carbocycles. The summed E-state index contributed by atoms with van der Waals surface area (Å²) in [6.07, 6.45) is 2.02. The summed E-state index contributed by atoms with van der Waals surface area (Å²) in [4.78, 5) is 1.00. The molecular weight excluding hydrogens is 362 g/mol. The highest BCUT2D eigenvalue weighted by atomic mass is 79.9. The van der Waals surface area contributed by atoms with Crippen molar-refractivity contribution in [2.24, 2.45) is 5.92 Å². The quantitative estimate of drug-likeness (QED) is 0.789. The van der Waals surface area contributed by atoms with Crippen LogP contribution < -0.4 is 10.0 Å². The van der Waals surface area contributed by atoms with E-state index in [4.69, 9.17) is 0 Å². The van der Waals surface area contributed by atoms with Crippen LogP contribution in [0.1, 0.15) is 17.7 Å². The van der Waals surface area contributed by atoms with Gasteiger partial charge < -0.3 is 5.32 Å². The van der Waals surface area contributed by atoms with Crippen molar-refractivity contribution < 1.29 is 8.42 Å². The maximum Gasteiger partial charge on any atom is 0.279 e. The standard InChI is InChI=1S/C12H20BrN3O2S2/c1-14-6-10-3-2-4-16(8-10)20(17,18)15-7-12-5-11(13)9-19-12/h5,9-10,14-15H,2-4,6-8H2,1H3. The van der Waals surface area contributed by atoms with Crippen molar-refractivity contribution in [1.82, 2.24) is 14.3 Å². The van der Waals surface area contributed by atoms with Crippen LogP contribution in [0.5, 0.6) is 0 Å². The van der Waals surface area contributed by atoms with Gasteiger partial charge in [-0.25, -0.2) is 0 Å². The lowest BCUT2D eigenvalue weighted by molar-refractivity contribution is 0.261. The van der Waals surface area contributed by atoms with Crippen molar-refractivity contribution in [3.05, 3.63) is 20.8 Å². The summed E-state index contributed by atoms with van der Waals surface area (Å²) in [6.45, 7) is 2.43. The molecule has 1 atom stereocenters. The van der Waals surface area contributed by atoms with Gasteiger partial charge in [-0.3, -0.25) is 0 Å². The summed E-state index contributed by atoms with van der Waals surface area (Å²) in [5, 5.41) is 5.08. The van der Waals surface area contributed by atoms with Gasteiger partial charge in [-0.05, 0) is 54.3 Å². The van der Waals surface area contributed by atoms with Crippen molar-refractivity contribution >= 4 is 37.5 Å². The molecule has 0 bridgehead atoms. The molecule has 1 unspecified atom stereocenters. The van der Waals surface area contributed by atoms with Gasteiger partial charge in [0, 0.05) is 34.4 Å². The molecule has 1 aromatic rings. The van der Waals surface area contributed by atoms with E-state index in [1.807, 2.05) is 18.5 Å². The van der Waals surface area contributed by atoms with Gasteiger partial charge in [-0.15, -0.1) is 11.3 Å². The highest BCUT2D eigenvalue weighted by Gasteiger charge is 2.28. The monoisotopic (exact) mass is 381 g/mol. The van der Waals surface area contributed by atoms with E-state index >= 15 is 0 Å². The Morgan fingerprint density at radius 3 is 3.00 bits per heavy atom. The highest BCUT2D eigenvalue weighted by Crippen LogP contribution is 2.21. The topological polar surface area (TPSA) is 61.4 Å². The zero-order chi connectivity index (χ0) is 14.6. The Balaban J connectivity index is 1.92. The summed E-state index contributed by atoms with van der Waals surface area (Å²) in [6, 6.07) is 1.94. The molecule has 0 spiro atoms. The van der Waals surface area contributed by atoms with Crippen LogP contribution in [0.3, 0.4) is 0 Å². The van der Waals surface area contributed by atoms with Crippen LogP contribution in [0.4, 0.5) is 0 Å². The zero-order valence-electron chi connectivity index (χ0n) is 11.4. The molecule has 0 radical (unpaired) electrons. The molecular formula is C12H20BrN3O2S2. The van der Waals surface area contributed by atoms with Crippen LogP contribution in [0.25, 0.3) is 0 Å². The highest BCUT2D eigenvalue weighted by molar-refractivity contribution is 9.10. The first-order chi connectivity index (χ1) is 9.51. The minimum Gasteiger partial charge on any atom is -0.319 e. The summed E-state index contributed by atoms with van der Waals surface area (Å²) in [5.41, 5.74) is 0. The van der Waals surface area contributed by atoms with E-state index < -0.39 is 10.2 Å². The van der Waals surface area contributed by atoms with Crippen LogP contribution in [-0.4, -0.2) is 39.4 Å². The fourth-order valence-electron chi connectivity index (χ4n) is 2.40. The molecule has 5 nitrogen and oxygen atoms in total. The van der Waals surface area contributed by atoms with E-state index in [2.05, 4.69) is 26.0 Å². The minimum absolute atomic E-state index is 0.353. The van der Waals surface area contributed by atoms with Gasteiger partial charge in [-0.1, -0.05) is 0 Å². The number of thiophene rings is 1. The Morgan fingerprint density at radius 2 is 2.35 bits per heavy atom. The lowest BCUT2D eigenvalue weighted by Crippen LogP contribution is -2.47. The summed E-state index contributed by atoms with van der Waals surface area (Å²) in [7, 11) is -1.47. The minimum atomic E-state index is -3.38. The van der Waals surface area contributed by atoms with Crippen molar-refractivity contribution in [2.75, 3.05) is 26.7 Å². The van der Waals surface area contributed by atoms with Crippen molar-refractivity contribution in [3.63, 3.8) is 0 Å². The third-order valence-electron chi connectivity index (χ3n) is 3.36. The average Bonchev–Trinajstić information content (AvgIpc) is 2.83. The molecule has 2 rings (SSSR count). The number of halogens is 1. The molecule has 114 valence electrons. The maximum atomic E-state index is 12.3. The predicted octanol–water partition coefficient (Wildman–Crippen LogP) is 1.78. The maximum absolute atomic E-state index is 12.3. The van der Waals surface area contributed by atoms with Crippen LogP contribution in [0.2, 0.25) is 0 Å². The van der Waals surface area contributed by atoms with Gasteiger partial charge in [0.2, 0.25) is 0 Å². The second-order valence-corrected chi connectivity index (χ2v) is 8.65. The lowest BCUT2D eigenvalue weighted by atomic mass is 10.00. The van der Waals surface area contributed by atoms with Crippen LogP contribution >= 0.6 is 27.3 Å². The Kier molecular flexibility index (Phi) is 6.00. The van der Waals surface area contributed by atoms with Crippen LogP contribution in [0.15, 0.2) is 15.9 Å². The smallest absolute Gasteiger partial charge is 0.279 e. The van der Waals surface area contributed by atoms with E-state index in [0.29, 0.717) is 25.6 Å². The third kappa shape index (κ3) is 4.51. The molecule has 2 heterocycles. The van der Waals surface area contributed by atoms with Crippen molar-refractivity contribution in [1.29, 1.82) is 0 Å². The molecule has 0 aliphatic carbocycles. The number of hydrogen-bond donors (Lipinski definition) is 2. The number of piperidine rings is 1. The Hall–Kier alpha value is 0.01000. The first-order valence-corrected chi connectivity index (χ1v) is 9.75. The van der Waals surface area contributed by atoms with Crippen LogP contribution in [-0.2, 0) is 16.8 Å². The van der Waals surface area contributed by atoms with E-state index in [0.717, 1.165) is 28.7 Å². The van der Waals surface area contributed by atoms with E-state index in [1.54, 1.807) is 15.6 Å². The molecule has 1 fully saturated rings. The molecule has 1 aliphatic heterocycles. The predicted molar refractivity (Wildman–Crippen MR) is 86.0 cm³/mol. The summed E-state index contributed by atoms with van der Waals surface area (Å²) < 4.78 is 29.9. The third-order valence-corrected chi connectivity index (χ3v) is 6.58. The van der Waals surface area contributed by atoms with Gasteiger partial charge in [0.15, 0.2) is 0 Å². The van der Waals surface area contributed by atoms with Gasteiger partial charge in [-0.2, -0.15) is 17.4 Å². The molecule has 8 heteroatoms. The van der Waals surface area contributed by atoms with Crippen molar-refractivity contribution in [2.45, 2.75) is 19.4 Å². The average molecular weight is 382 g/mol. The lowest BCUT2D eigenvalue weighted by Gasteiger charge is -2.31. The fraction of sp³-hybridized carbons (Fsp3) is 0.667. The summed E-state index contributed by atoms with van der Waals surface area (Å²) in [5.74, 6) is 0.404. The number of rotatable bonds is 6. The molecule has 1 aromatic heterocycles. The number of nitrogens with zero attached hydrogens (tertiary/aromatic N) is 1. The molecule has 0 amide bonds.